The predicted molar refractivity (Wildman–Crippen MR) is 72.2 cm³/mol. The number of halogens is 1. The first kappa shape index (κ1) is 14.5. The van der Waals surface area contributed by atoms with E-state index >= 15 is 0 Å². The van der Waals surface area contributed by atoms with Crippen LogP contribution in [0.2, 0.25) is 0 Å². The smallest absolute Gasteiger partial charge is 0.358 e. The molecule has 0 N–H and O–H groups in total. The van der Waals surface area contributed by atoms with Gasteiger partial charge in [-0.2, -0.15) is 4.68 Å². The summed E-state index contributed by atoms with van der Waals surface area (Å²) >= 11 is 0. The zero-order valence-corrected chi connectivity index (χ0v) is 11.9. The Hall–Kier alpha value is -1.93. The largest absolute Gasteiger partial charge is 0.410 e. The van der Waals surface area contributed by atoms with Crippen LogP contribution in [-0.4, -0.2) is 23.1 Å². The van der Waals surface area contributed by atoms with Crippen LogP contribution in [0.1, 0.15) is 11.1 Å². The van der Waals surface area contributed by atoms with Crippen molar-refractivity contribution in [2.75, 3.05) is 0 Å². The Kier molecular flexibility index (Phi) is 3.78. The highest BCUT2D eigenvalue weighted by Crippen LogP contribution is 2.25. The molecule has 0 fully saturated rings. The summed E-state index contributed by atoms with van der Waals surface area (Å²) < 4.78 is 23.8. The Bertz CT molecular complexity index is 770. The molecule has 0 aliphatic rings. The van der Waals surface area contributed by atoms with Gasteiger partial charge < -0.3 is 10.1 Å². The molecule has 7 nitrogen and oxygen atoms in total. The lowest BCUT2D eigenvalue weighted by Gasteiger charge is -2.02. The van der Waals surface area contributed by atoms with Crippen molar-refractivity contribution in [3.05, 3.63) is 51.7 Å². The Morgan fingerprint density at radius 2 is 2.05 bits per heavy atom. The van der Waals surface area contributed by atoms with Crippen LogP contribution in [-0.2, 0) is 15.6 Å². The maximum atomic E-state index is 11.3. The highest BCUT2D eigenvalue weighted by Gasteiger charge is 2.29. The van der Waals surface area contributed by atoms with Crippen LogP contribution in [0.5, 0.6) is 0 Å². The molecular weight excluding hydrogens is 306 g/mol. The van der Waals surface area contributed by atoms with Crippen molar-refractivity contribution >= 4 is 25.6 Å². The standard InChI is InChI=1S/C11H10ClN3O4S/c1-8-4-2-3-5-9(8)6-14-7-10(20(12,18)19)11(13-14)15(16)17/h2-5,7H,6H2,1H3. The predicted octanol–water partition coefficient (Wildman–Crippen LogP) is 2.08. The Balaban J connectivity index is 2.45. The van der Waals surface area contributed by atoms with Crippen LogP contribution in [0.4, 0.5) is 5.82 Å². The second-order valence-electron chi connectivity index (χ2n) is 4.14. The number of hydrogen-bond donors (Lipinski definition) is 0. The van der Waals surface area contributed by atoms with Gasteiger partial charge in [0.15, 0.2) is 0 Å². The van der Waals surface area contributed by atoms with Gasteiger partial charge in [0.25, 0.3) is 9.05 Å². The van der Waals surface area contributed by atoms with E-state index in [0.717, 1.165) is 17.3 Å². The molecule has 20 heavy (non-hydrogen) atoms. The summed E-state index contributed by atoms with van der Waals surface area (Å²) in [5.41, 5.74) is 1.85. The SMILES string of the molecule is Cc1ccccc1Cn1cc(S(=O)(=O)Cl)c([N+](=O)[O-])n1. The van der Waals surface area contributed by atoms with Crippen molar-refractivity contribution in [1.82, 2.24) is 9.78 Å². The number of hydrogen-bond acceptors (Lipinski definition) is 5. The van der Waals surface area contributed by atoms with Gasteiger partial charge in [0, 0.05) is 10.7 Å². The van der Waals surface area contributed by atoms with E-state index in [9.17, 15) is 18.5 Å². The minimum atomic E-state index is -4.21. The average molecular weight is 316 g/mol. The fraction of sp³-hybridized carbons (Fsp3) is 0.182. The summed E-state index contributed by atoms with van der Waals surface area (Å²) in [6, 6.07) is 7.39. The van der Waals surface area contributed by atoms with Crippen molar-refractivity contribution in [2.45, 2.75) is 18.4 Å². The van der Waals surface area contributed by atoms with Gasteiger partial charge in [-0.3, -0.25) is 0 Å². The van der Waals surface area contributed by atoms with E-state index in [1.54, 1.807) is 0 Å². The van der Waals surface area contributed by atoms with Gasteiger partial charge in [0.2, 0.25) is 4.90 Å². The fourth-order valence-corrected chi connectivity index (χ4v) is 2.64. The molecule has 2 rings (SSSR count). The lowest BCUT2D eigenvalue weighted by Crippen LogP contribution is -2.02. The lowest BCUT2D eigenvalue weighted by molar-refractivity contribution is -0.392. The second-order valence-corrected chi connectivity index (χ2v) is 6.67. The van der Waals surface area contributed by atoms with Crippen LogP contribution >= 0.6 is 10.7 Å². The van der Waals surface area contributed by atoms with Crippen molar-refractivity contribution in [1.29, 1.82) is 0 Å². The van der Waals surface area contributed by atoms with Crippen molar-refractivity contribution in [3.63, 3.8) is 0 Å². The summed E-state index contributed by atoms with van der Waals surface area (Å²) in [4.78, 5) is 9.34. The molecule has 1 heterocycles. The van der Waals surface area contributed by atoms with Gasteiger partial charge in [-0.25, -0.2) is 8.42 Å². The van der Waals surface area contributed by atoms with Crippen LogP contribution in [0, 0.1) is 17.0 Å². The number of nitrogens with zero attached hydrogens (tertiary/aromatic N) is 3. The van der Waals surface area contributed by atoms with Gasteiger partial charge in [0.05, 0.1) is 17.8 Å². The van der Waals surface area contributed by atoms with Crippen molar-refractivity contribution < 1.29 is 13.3 Å². The molecule has 0 atom stereocenters. The molecule has 1 aromatic heterocycles. The molecule has 0 bridgehead atoms. The molecule has 0 aliphatic carbocycles. The maximum absolute atomic E-state index is 11.3. The first-order valence-electron chi connectivity index (χ1n) is 5.50. The maximum Gasteiger partial charge on any atom is 0.410 e. The Morgan fingerprint density at radius 3 is 2.55 bits per heavy atom. The number of rotatable bonds is 4. The number of benzene rings is 1. The third-order valence-corrected chi connectivity index (χ3v) is 4.05. The van der Waals surface area contributed by atoms with Crippen molar-refractivity contribution in [3.8, 4) is 0 Å². The zero-order valence-electron chi connectivity index (χ0n) is 10.4. The van der Waals surface area contributed by atoms with Crippen LogP contribution < -0.4 is 0 Å². The normalized spacial score (nSPS) is 11.5. The summed E-state index contributed by atoms with van der Waals surface area (Å²) in [5.74, 6) is -0.770. The molecule has 0 radical (unpaired) electrons. The molecule has 1 aromatic carbocycles. The topological polar surface area (TPSA) is 95.1 Å². The van der Waals surface area contributed by atoms with E-state index in [1.165, 1.54) is 4.68 Å². The van der Waals surface area contributed by atoms with Gasteiger partial charge in [-0.05, 0) is 23.0 Å². The molecule has 106 valence electrons. The van der Waals surface area contributed by atoms with Gasteiger partial charge in [0.1, 0.15) is 0 Å². The molecule has 9 heteroatoms. The summed E-state index contributed by atoms with van der Waals surface area (Å²) in [6.45, 7) is 2.10. The lowest BCUT2D eigenvalue weighted by atomic mass is 10.1. The number of aryl methyl sites for hydroxylation is 1. The molecular formula is C11H10ClN3O4S. The number of aromatic nitrogens is 2. The van der Waals surface area contributed by atoms with E-state index in [1.807, 2.05) is 31.2 Å². The molecule has 0 saturated heterocycles. The van der Waals surface area contributed by atoms with Crippen LogP contribution in [0.3, 0.4) is 0 Å². The van der Waals surface area contributed by atoms with E-state index < -0.39 is 24.7 Å². The minimum absolute atomic E-state index is 0.222. The summed E-state index contributed by atoms with van der Waals surface area (Å²) in [6.07, 6.45) is 1.06. The van der Waals surface area contributed by atoms with Crippen LogP contribution in [0.15, 0.2) is 35.4 Å². The average Bonchev–Trinajstić information content (AvgIpc) is 2.76. The van der Waals surface area contributed by atoms with Gasteiger partial charge in [-0.15, -0.1) is 0 Å². The van der Waals surface area contributed by atoms with E-state index in [0.29, 0.717) is 0 Å². The zero-order chi connectivity index (χ0) is 14.9. The highest BCUT2D eigenvalue weighted by atomic mass is 35.7. The first-order valence-corrected chi connectivity index (χ1v) is 7.81. The second kappa shape index (κ2) is 5.22. The third kappa shape index (κ3) is 2.97. The van der Waals surface area contributed by atoms with E-state index in [4.69, 9.17) is 10.7 Å². The summed E-state index contributed by atoms with van der Waals surface area (Å²) in [5, 5.41) is 14.5. The third-order valence-electron chi connectivity index (χ3n) is 2.74. The minimum Gasteiger partial charge on any atom is -0.358 e. The number of nitro groups is 1. The molecule has 0 saturated carbocycles. The van der Waals surface area contributed by atoms with Crippen molar-refractivity contribution in [2.24, 2.45) is 0 Å². The monoisotopic (exact) mass is 315 g/mol. The summed E-state index contributed by atoms with van der Waals surface area (Å²) in [7, 11) is 0.957. The van der Waals surface area contributed by atoms with Gasteiger partial charge in [-0.1, -0.05) is 24.3 Å². The molecule has 0 spiro atoms. The quantitative estimate of drug-likeness (QED) is 0.489. The van der Waals surface area contributed by atoms with Crippen LogP contribution in [0.25, 0.3) is 0 Å². The Morgan fingerprint density at radius 1 is 1.40 bits per heavy atom. The fourth-order valence-electron chi connectivity index (χ4n) is 1.73. The van der Waals surface area contributed by atoms with E-state index in [2.05, 4.69) is 5.10 Å². The van der Waals surface area contributed by atoms with E-state index in [-0.39, 0.29) is 6.54 Å². The molecule has 2 aromatic rings. The molecule has 0 amide bonds. The molecule has 0 aliphatic heterocycles. The Labute approximate surface area is 119 Å². The first-order chi connectivity index (χ1) is 9.29. The highest BCUT2D eigenvalue weighted by molar-refractivity contribution is 8.13. The van der Waals surface area contributed by atoms with Gasteiger partial charge >= 0.3 is 5.82 Å². The molecule has 0 unspecified atom stereocenters.